The van der Waals surface area contributed by atoms with Crippen molar-refractivity contribution in [2.75, 3.05) is 7.11 Å². The molecule has 128 valence electrons. The normalized spacial score (nSPS) is 22.3. The summed E-state index contributed by atoms with van der Waals surface area (Å²) in [5.41, 5.74) is 0.398. The van der Waals surface area contributed by atoms with Crippen LogP contribution in [-0.4, -0.2) is 11.4 Å². The van der Waals surface area contributed by atoms with Crippen molar-refractivity contribution in [3.05, 3.63) is 64.2 Å². The van der Waals surface area contributed by atoms with E-state index in [-0.39, 0.29) is 10.9 Å². The summed E-state index contributed by atoms with van der Waals surface area (Å²) in [6.07, 6.45) is -4.48. The molecule has 0 bridgehead atoms. The van der Waals surface area contributed by atoms with Gasteiger partial charge in [0.15, 0.2) is 0 Å². The summed E-state index contributed by atoms with van der Waals surface area (Å²) in [5, 5.41) is 0.00402. The van der Waals surface area contributed by atoms with Gasteiger partial charge in [0.05, 0.1) is 12.7 Å². The highest BCUT2D eigenvalue weighted by molar-refractivity contribution is 6.52. The number of alkyl halides is 5. The Balaban J connectivity index is 1.96. The molecule has 0 N–H and O–H groups in total. The van der Waals surface area contributed by atoms with E-state index in [9.17, 15) is 13.2 Å². The third-order valence-corrected chi connectivity index (χ3v) is 5.29. The van der Waals surface area contributed by atoms with E-state index in [1.807, 2.05) is 0 Å². The van der Waals surface area contributed by atoms with Crippen molar-refractivity contribution in [3.63, 3.8) is 0 Å². The molecule has 1 fully saturated rings. The molecular weight excluding hydrogens is 384 g/mol. The Bertz CT molecular complexity index is 757. The Kier molecular flexibility index (Phi) is 4.44. The number of ether oxygens (including phenoxy) is 1. The lowest BCUT2D eigenvalue weighted by Gasteiger charge is -2.10. The van der Waals surface area contributed by atoms with Crippen LogP contribution in [0.25, 0.3) is 0 Å². The Morgan fingerprint density at radius 1 is 0.958 bits per heavy atom. The van der Waals surface area contributed by atoms with Crippen LogP contribution in [0.5, 0.6) is 5.75 Å². The van der Waals surface area contributed by atoms with Gasteiger partial charge in [-0.05, 0) is 41.5 Å². The van der Waals surface area contributed by atoms with Gasteiger partial charge in [-0.1, -0.05) is 23.7 Å². The van der Waals surface area contributed by atoms with E-state index in [4.69, 9.17) is 39.5 Å². The van der Waals surface area contributed by atoms with E-state index in [0.29, 0.717) is 11.3 Å². The predicted molar refractivity (Wildman–Crippen MR) is 89.4 cm³/mol. The average Bonchev–Trinajstić information content (AvgIpc) is 3.08. The molecule has 2 aromatic carbocycles. The van der Waals surface area contributed by atoms with Crippen LogP contribution in [0.4, 0.5) is 13.2 Å². The van der Waals surface area contributed by atoms with Gasteiger partial charge in [0.1, 0.15) is 10.1 Å². The van der Waals surface area contributed by atoms with Crippen molar-refractivity contribution >= 4 is 34.8 Å². The van der Waals surface area contributed by atoms with Gasteiger partial charge < -0.3 is 4.74 Å². The topological polar surface area (TPSA) is 9.23 Å². The molecule has 0 amide bonds. The molecule has 0 saturated heterocycles. The molecule has 2 atom stereocenters. The van der Waals surface area contributed by atoms with Gasteiger partial charge in [-0.15, -0.1) is 23.2 Å². The molecule has 0 unspecified atom stereocenters. The largest absolute Gasteiger partial charge is 0.497 e. The van der Waals surface area contributed by atoms with E-state index in [1.54, 1.807) is 31.4 Å². The lowest BCUT2D eigenvalue weighted by atomic mass is 10.0. The maximum absolute atomic E-state index is 13.0. The molecule has 0 spiro atoms. The Labute approximate surface area is 152 Å². The van der Waals surface area contributed by atoms with Crippen LogP contribution in [0, 0.1) is 0 Å². The number of rotatable bonds is 3. The van der Waals surface area contributed by atoms with Crippen molar-refractivity contribution in [2.45, 2.75) is 22.3 Å². The van der Waals surface area contributed by atoms with E-state index in [1.165, 1.54) is 6.07 Å². The van der Waals surface area contributed by atoms with E-state index >= 15 is 0 Å². The highest BCUT2D eigenvalue weighted by Gasteiger charge is 2.64. The molecule has 3 rings (SSSR count). The van der Waals surface area contributed by atoms with Crippen LogP contribution >= 0.6 is 34.8 Å². The minimum atomic E-state index is -4.48. The highest BCUT2D eigenvalue weighted by atomic mass is 35.5. The fraction of sp³-hybridized carbons (Fsp3) is 0.294. The fourth-order valence-corrected chi connectivity index (χ4v) is 4.05. The SMILES string of the molecule is COc1ccc([C@H]2[C@H](c3cc(Cl)cc(C(F)(F)F)c3)C2(Cl)Cl)cc1. The lowest BCUT2D eigenvalue weighted by molar-refractivity contribution is -0.137. The highest BCUT2D eigenvalue weighted by Crippen LogP contribution is 2.70. The van der Waals surface area contributed by atoms with E-state index in [0.717, 1.165) is 17.7 Å². The van der Waals surface area contributed by atoms with Crippen molar-refractivity contribution in [1.29, 1.82) is 0 Å². The van der Waals surface area contributed by atoms with Crippen molar-refractivity contribution in [1.82, 2.24) is 0 Å². The Morgan fingerprint density at radius 3 is 2.08 bits per heavy atom. The number of methoxy groups -OCH3 is 1. The second-order valence-electron chi connectivity index (χ2n) is 5.67. The monoisotopic (exact) mass is 394 g/mol. The first-order chi connectivity index (χ1) is 11.1. The van der Waals surface area contributed by atoms with Gasteiger partial charge in [0.2, 0.25) is 0 Å². The maximum atomic E-state index is 13.0. The maximum Gasteiger partial charge on any atom is 0.416 e. The van der Waals surface area contributed by atoms with Crippen molar-refractivity contribution in [2.24, 2.45) is 0 Å². The van der Waals surface area contributed by atoms with Crippen LogP contribution in [0.2, 0.25) is 5.02 Å². The number of hydrogen-bond donors (Lipinski definition) is 0. The third kappa shape index (κ3) is 3.19. The lowest BCUT2D eigenvalue weighted by Crippen LogP contribution is -2.06. The Hall–Kier alpha value is -1.10. The van der Waals surface area contributed by atoms with Gasteiger partial charge in [-0.3, -0.25) is 0 Å². The van der Waals surface area contributed by atoms with Gasteiger partial charge in [-0.25, -0.2) is 0 Å². The molecule has 2 aromatic rings. The summed E-state index contributed by atoms with van der Waals surface area (Å²) in [5.74, 6) is -0.104. The summed E-state index contributed by atoms with van der Waals surface area (Å²) >= 11 is 18.5. The Morgan fingerprint density at radius 2 is 1.54 bits per heavy atom. The summed E-state index contributed by atoms with van der Waals surface area (Å²) in [6.45, 7) is 0. The molecule has 1 nitrogen and oxygen atoms in total. The van der Waals surface area contributed by atoms with Crippen LogP contribution < -0.4 is 4.74 Å². The van der Waals surface area contributed by atoms with Crippen LogP contribution in [0.15, 0.2) is 42.5 Å². The predicted octanol–water partition coefficient (Wildman–Crippen LogP) is 6.42. The first-order valence-electron chi connectivity index (χ1n) is 7.04. The molecular formula is C17H12Cl3F3O. The standard InChI is InChI=1S/C17H12Cl3F3O/c1-24-13-4-2-9(3-5-13)14-15(16(14,19)20)10-6-11(17(21,22)23)8-12(18)7-10/h2-8,14-15H,1H3/t14-,15-/m0/s1. The molecule has 7 heteroatoms. The number of benzene rings is 2. The fourth-order valence-electron chi connectivity index (χ4n) is 2.92. The average molecular weight is 396 g/mol. The first kappa shape index (κ1) is 17.7. The van der Waals surface area contributed by atoms with Gasteiger partial charge in [0, 0.05) is 16.9 Å². The molecule has 0 aliphatic heterocycles. The second-order valence-corrected chi connectivity index (χ2v) is 7.55. The quantitative estimate of drug-likeness (QED) is 0.545. The molecule has 24 heavy (non-hydrogen) atoms. The van der Waals surface area contributed by atoms with Crippen molar-refractivity contribution < 1.29 is 17.9 Å². The molecule has 1 saturated carbocycles. The van der Waals surface area contributed by atoms with Gasteiger partial charge >= 0.3 is 6.18 Å². The van der Waals surface area contributed by atoms with E-state index in [2.05, 4.69) is 0 Å². The minimum absolute atomic E-state index is 0.00402. The molecule has 1 aliphatic rings. The van der Waals surface area contributed by atoms with Gasteiger partial charge in [0.25, 0.3) is 0 Å². The first-order valence-corrected chi connectivity index (χ1v) is 8.17. The second kappa shape index (κ2) is 6.01. The summed E-state index contributed by atoms with van der Waals surface area (Å²) in [7, 11) is 1.55. The summed E-state index contributed by atoms with van der Waals surface area (Å²) in [4.78, 5) is 0. The van der Waals surface area contributed by atoms with Crippen LogP contribution in [-0.2, 0) is 6.18 Å². The third-order valence-electron chi connectivity index (χ3n) is 4.14. The zero-order valence-corrected chi connectivity index (χ0v) is 14.6. The number of hydrogen-bond acceptors (Lipinski definition) is 1. The molecule has 0 aromatic heterocycles. The smallest absolute Gasteiger partial charge is 0.416 e. The van der Waals surface area contributed by atoms with Gasteiger partial charge in [-0.2, -0.15) is 13.2 Å². The number of halogens is 6. The summed E-state index contributed by atoms with van der Waals surface area (Å²) in [6, 6.07) is 10.5. The zero-order chi connectivity index (χ0) is 17.7. The molecule has 0 radical (unpaired) electrons. The summed E-state index contributed by atoms with van der Waals surface area (Å²) < 4.78 is 42.9. The van der Waals surface area contributed by atoms with E-state index < -0.39 is 22.0 Å². The molecule has 1 aliphatic carbocycles. The zero-order valence-electron chi connectivity index (χ0n) is 12.4. The van der Waals surface area contributed by atoms with Crippen molar-refractivity contribution in [3.8, 4) is 5.75 Å². The van der Waals surface area contributed by atoms with Crippen LogP contribution in [0.3, 0.4) is 0 Å². The minimum Gasteiger partial charge on any atom is -0.497 e. The molecule has 0 heterocycles. The van der Waals surface area contributed by atoms with Crippen LogP contribution in [0.1, 0.15) is 28.5 Å².